The highest BCUT2D eigenvalue weighted by Crippen LogP contribution is 2.38. The highest BCUT2D eigenvalue weighted by atomic mass is 16.5. The van der Waals surface area contributed by atoms with E-state index in [1.54, 1.807) is 0 Å². The number of aliphatic hydroxyl groups excluding tert-OH is 1. The van der Waals surface area contributed by atoms with Crippen LogP contribution in [0.4, 0.5) is 0 Å². The summed E-state index contributed by atoms with van der Waals surface area (Å²) in [5.41, 5.74) is 4.01. The average molecular weight is 265 g/mol. The maximum absolute atomic E-state index is 9.59. The molecule has 0 fully saturated rings. The Hall–Kier alpha value is -2.15. The zero-order valence-electron chi connectivity index (χ0n) is 11.0. The molecule has 0 aliphatic carbocycles. The van der Waals surface area contributed by atoms with E-state index in [0.717, 1.165) is 22.3 Å². The Kier molecular flexibility index (Phi) is 3.51. The van der Waals surface area contributed by atoms with Crippen LogP contribution in [-0.4, -0.2) is 11.2 Å². The van der Waals surface area contributed by atoms with Crippen molar-refractivity contribution < 1.29 is 9.84 Å². The lowest BCUT2D eigenvalue weighted by molar-refractivity contribution is 0.0515. The molecule has 0 saturated heterocycles. The molecule has 2 atom stereocenters. The number of nitrogens with zero attached hydrogens (tertiary/aromatic N) is 1. The molecule has 1 aliphatic rings. The molecular formula is C17H15NO2. The van der Waals surface area contributed by atoms with Gasteiger partial charge in [0.05, 0.1) is 19.3 Å². The minimum absolute atomic E-state index is 0.0232. The molecule has 2 aromatic rings. The van der Waals surface area contributed by atoms with Crippen molar-refractivity contribution in [2.24, 2.45) is 0 Å². The SMILES string of the molecule is N#CC1OCc2cccc(CO)c2C1c1ccccc1. The van der Waals surface area contributed by atoms with Gasteiger partial charge in [-0.2, -0.15) is 5.26 Å². The lowest BCUT2D eigenvalue weighted by atomic mass is 9.80. The molecule has 1 aliphatic heterocycles. The van der Waals surface area contributed by atoms with E-state index in [1.807, 2.05) is 48.5 Å². The normalized spacial score (nSPS) is 21.0. The summed E-state index contributed by atoms with van der Waals surface area (Å²) >= 11 is 0. The first-order valence-corrected chi connectivity index (χ1v) is 6.63. The highest BCUT2D eigenvalue weighted by Gasteiger charge is 2.33. The van der Waals surface area contributed by atoms with Crippen molar-refractivity contribution >= 4 is 0 Å². The topological polar surface area (TPSA) is 53.2 Å². The van der Waals surface area contributed by atoms with E-state index in [4.69, 9.17) is 4.74 Å². The Morgan fingerprint density at radius 3 is 2.65 bits per heavy atom. The minimum atomic E-state index is -0.516. The number of ether oxygens (including phenoxy) is 1. The summed E-state index contributed by atoms with van der Waals surface area (Å²) < 4.78 is 5.68. The van der Waals surface area contributed by atoms with E-state index < -0.39 is 6.10 Å². The third-order valence-electron chi connectivity index (χ3n) is 3.78. The predicted octanol–water partition coefficient (Wildman–Crippen LogP) is 2.73. The summed E-state index contributed by atoms with van der Waals surface area (Å²) in [4.78, 5) is 0. The lowest BCUT2D eigenvalue weighted by Gasteiger charge is -2.32. The molecule has 0 spiro atoms. The summed E-state index contributed by atoms with van der Waals surface area (Å²) in [5, 5.41) is 19.0. The predicted molar refractivity (Wildman–Crippen MR) is 74.8 cm³/mol. The minimum Gasteiger partial charge on any atom is -0.392 e. The van der Waals surface area contributed by atoms with Gasteiger partial charge in [0.25, 0.3) is 0 Å². The van der Waals surface area contributed by atoms with Crippen LogP contribution in [0.25, 0.3) is 0 Å². The van der Waals surface area contributed by atoms with Crippen LogP contribution in [0, 0.1) is 11.3 Å². The monoisotopic (exact) mass is 265 g/mol. The van der Waals surface area contributed by atoms with Gasteiger partial charge in [-0.05, 0) is 22.3 Å². The largest absolute Gasteiger partial charge is 0.392 e. The molecule has 0 aromatic heterocycles. The van der Waals surface area contributed by atoms with Gasteiger partial charge in [-0.25, -0.2) is 0 Å². The summed E-state index contributed by atoms with van der Waals surface area (Å²) in [6.07, 6.45) is -0.516. The van der Waals surface area contributed by atoms with Crippen LogP contribution < -0.4 is 0 Å². The molecular weight excluding hydrogens is 250 g/mol. The van der Waals surface area contributed by atoms with Crippen LogP contribution in [0.1, 0.15) is 28.2 Å². The van der Waals surface area contributed by atoms with Crippen molar-refractivity contribution in [3.05, 3.63) is 70.8 Å². The van der Waals surface area contributed by atoms with Crippen LogP contribution in [0.15, 0.2) is 48.5 Å². The van der Waals surface area contributed by atoms with Crippen LogP contribution >= 0.6 is 0 Å². The first-order chi connectivity index (χ1) is 9.85. The zero-order chi connectivity index (χ0) is 13.9. The Morgan fingerprint density at radius 2 is 1.95 bits per heavy atom. The fourth-order valence-corrected chi connectivity index (χ4v) is 2.87. The molecule has 0 amide bonds. The molecule has 100 valence electrons. The number of hydrogen-bond donors (Lipinski definition) is 1. The molecule has 0 bridgehead atoms. The molecule has 0 radical (unpaired) electrons. The summed E-state index contributed by atoms with van der Waals surface area (Å²) in [5.74, 6) is -0.145. The molecule has 1 heterocycles. The second-order valence-electron chi connectivity index (χ2n) is 4.90. The van der Waals surface area contributed by atoms with Gasteiger partial charge < -0.3 is 9.84 Å². The smallest absolute Gasteiger partial charge is 0.155 e. The summed E-state index contributed by atoms with van der Waals surface area (Å²) in [7, 11) is 0. The van der Waals surface area contributed by atoms with Crippen LogP contribution in [-0.2, 0) is 18.0 Å². The van der Waals surface area contributed by atoms with Crippen LogP contribution in [0.3, 0.4) is 0 Å². The number of fused-ring (bicyclic) bond motifs is 1. The van der Waals surface area contributed by atoms with Crippen molar-refractivity contribution in [3.8, 4) is 6.07 Å². The number of rotatable bonds is 2. The third kappa shape index (κ3) is 2.09. The summed E-state index contributed by atoms with van der Waals surface area (Å²) in [6, 6.07) is 17.9. The maximum atomic E-state index is 9.59. The molecule has 2 aromatic carbocycles. The molecule has 2 unspecified atom stereocenters. The molecule has 0 saturated carbocycles. The second-order valence-corrected chi connectivity index (χ2v) is 4.90. The van der Waals surface area contributed by atoms with Gasteiger partial charge in [0.1, 0.15) is 0 Å². The lowest BCUT2D eigenvalue weighted by Crippen LogP contribution is -2.28. The Bertz CT molecular complexity index is 632. The number of aliphatic hydroxyl groups is 1. The third-order valence-corrected chi connectivity index (χ3v) is 3.78. The van der Waals surface area contributed by atoms with Gasteiger partial charge in [0.2, 0.25) is 0 Å². The van der Waals surface area contributed by atoms with Gasteiger partial charge >= 0.3 is 0 Å². The summed E-state index contributed by atoms with van der Waals surface area (Å²) in [6.45, 7) is 0.398. The molecule has 1 N–H and O–H groups in total. The van der Waals surface area contributed by atoms with E-state index >= 15 is 0 Å². The Labute approximate surface area is 118 Å². The molecule has 3 nitrogen and oxygen atoms in total. The molecule has 20 heavy (non-hydrogen) atoms. The second kappa shape index (κ2) is 5.46. The quantitative estimate of drug-likeness (QED) is 0.908. The van der Waals surface area contributed by atoms with E-state index in [1.165, 1.54) is 0 Å². The van der Waals surface area contributed by atoms with E-state index in [0.29, 0.717) is 6.61 Å². The Balaban J connectivity index is 2.19. The first-order valence-electron chi connectivity index (χ1n) is 6.63. The number of nitriles is 1. The standard InChI is InChI=1S/C17H15NO2/c18-9-15-17(12-5-2-1-3-6-12)16-13(10-19)7-4-8-14(16)11-20-15/h1-8,15,17,19H,10-11H2. The molecule has 3 rings (SSSR count). The number of benzene rings is 2. The van der Waals surface area contributed by atoms with Crippen molar-refractivity contribution in [2.45, 2.75) is 25.2 Å². The first kappa shape index (κ1) is 12.9. The highest BCUT2D eigenvalue weighted by molar-refractivity contribution is 5.46. The van der Waals surface area contributed by atoms with E-state index in [-0.39, 0.29) is 12.5 Å². The van der Waals surface area contributed by atoms with Gasteiger partial charge in [-0.15, -0.1) is 0 Å². The van der Waals surface area contributed by atoms with Crippen LogP contribution in [0.2, 0.25) is 0 Å². The van der Waals surface area contributed by atoms with Gasteiger partial charge in [0, 0.05) is 5.92 Å². The number of hydrogen-bond acceptors (Lipinski definition) is 3. The van der Waals surface area contributed by atoms with Crippen molar-refractivity contribution in [3.63, 3.8) is 0 Å². The van der Waals surface area contributed by atoms with Gasteiger partial charge in [-0.1, -0.05) is 48.5 Å². The van der Waals surface area contributed by atoms with Crippen molar-refractivity contribution in [1.29, 1.82) is 5.26 Å². The van der Waals surface area contributed by atoms with Gasteiger partial charge in [-0.3, -0.25) is 0 Å². The van der Waals surface area contributed by atoms with Crippen LogP contribution in [0.5, 0.6) is 0 Å². The van der Waals surface area contributed by atoms with Crippen molar-refractivity contribution in [2.75, 3.05) is 0 Å². The Morgan fingerprint density at radius 1 is 1.15 bits per heavy atom. The molecule has 3 heteroatoms. The van der Waals surface area contributed by atoms with Crippen molar-refractivity contribution in [1.82, 2.24) is 0 Å². The fourth-order valence-electron chi connectivity index (χ4n) is 2.87. The van der Waals surface area contributed by atoms with Gasteiger partial charge in [0.15, 0.2) is 6.10 Å². The fraction of sp³-hybridized carbons (Fsp3) is 0.235. The average Bonchev–Trinajstić information content (AvgIpc) is 2.53. The maximum Gasteiger partial charge on any atom is 0.155 e. The zero-order valence-corrected chi connectivity index (χ0v) is 11.0. The van der Waals surface area contributed by atoms with E-state index in [2.05, 4.69) is 6.07 Å². The van der Waals surface area contributed by atoms with E-state index in [9.17, 15) is 10.4 Å².